The predicted octanol–water partition coefficient (Wildman–Crippen LogP) is 6.71. The lowest BCUT2D eigenvalue weighted by atomic mass is 10.2. The molecule has 2 aromatic carbocycles. The molecule has 0 fully saturated rings. The van der Waals surface area contributed by atoms with Crippen LogP contribution in [0.25, 0.3) is 0 Å². The highest BCUT2D eigenvalue weighted by Crippen LogP contribution is 2.29. The molecule has 1 amide bonds. The smallest absolute Gasteiger partial charge is 0.253 e. The van der Waals surface area contributed by atoms with E-state index < -0.39 is 15.9 Å². The molecule has 0 aliphatic carbocycles. The van der Waals surface area contributed by atoms with Gasteiger partial charge in [-0.05, 0) is 61.1 Å². The van der Waals surface area contributed by atoms with Gasteiger partial charge in [0, 0.05) is 16.3 Å². The Morgan fingerprint density at radius 1 is 1.06 bits per heavy atom. The Morgan fingerprint density at radius 3 is 2.41 bits per heavy atom. The summed E-state index contributed by atoms with van der Waals surface area (Å²) in [5.74, 6) is 0.304. The van der Waals surface area contributed by atoms with Crippen molar-refractivity contribution in [2.45, 2.75) is 42.6 Å². The van der Waals surface area contributed by atoms with Crippen LogP contribution >= 0.6 is 58.6 Å². The Labute approximate surface area is 214 Å². The number of rotatable bonds is 10. The van der Waals surface area contributed by atoms with E-state index in [0.717, 1.165) is 18.6 Å². The Morgan fingerprint density at radius 2 is 1.78 bits per heavy atom. The third kappa shape index (κ3) is 9.59. The predicted molar refractivity (Wildman–Crippen MR) is 138 cm³/mol. The van der Waals surface area contributed by atoms with Gasteiger partial charge in [-0.1, -0.05) is 78.7 Å². The molecule has 0 aliphatic heterocycles. The maximum Gasteiger partial charge on any atom is 0.253 e. The Balaban J connectivity index is 1.91. The van der Waals surface area contributed by atoms with Gasteiger partial charge in [0.15, 0.2) is 5.11 Å². The molecule has 0 aliphatic rings. The van der Waals surface area contributed by atoms with Crippen LogP contribution in [0, 0.1) is 0 Å². The maximum atomic E-state index is 12.5. The van der Waals surface area contributed by atoms with Crippen LogP contribution in [0.5, 0.6) is 5.75 Å². The molecule has 1 atom stereocenters. The van der Waals surface area contributed by atoms with Crippen molar-refractivity contribution in [3.8, 4) is 5.75 Å². The van der Waals surface area contributed by atoms with Crippen LogP contribution < -0.4 is 20.7 Å². The number of unbranched alkanes of at least 4 members (excludes halogenated alkanes) is 3. The number of halogens is 4. The molecular weight excluding hydrogens is 512 g/mol. The first-order valence-corrected chi connectivity index (χ1v) is 12.0. The minimum Gasteiger partial charge on any atom is -0.494 e. The highest BCUT2D eigenvalue weighted by molar-refractivity contribution is 7.80. The van der Waals surface area contributed by atoms with Crippen LogP contribution in [0.4, 0.5) is 5.69 Å². The monoisotopic (exact) mass is 535 g/mol. The summed E-state index contributed by atoms with van der Waals surface area (Å²) in [6.45, 7) is 2.86. The second-order valence-electron chi connectivity index (χ2n) is 6.99. The quantitative estimate of drug-likeness (QED) is 0.136. The van der Waals surface area contributed by atoms with Crippen LogP contribution in [0.15, 0.2) is 48.5 Å². The normalized spacial score (nSPS) is 12.0. The lowest BCUT2D eigenvalue weighted by Crippen LogP contribution is -2.56. The summed E-state index contributed by atoms with van der Waals surface area (Å²) in [6, 6.07) is 13.8. The molecule has 1 unspecified atom stereocenters. The van der Waals surface area contributed by atoms with Gasteiger partial charge in [-0.2, -0.15) is 0 Å². The summed E-state index contributed by atoms with van der Waals surface area (Å²) in [7, 11) is 0. The molecule has 2 aromatic rings. The molecule has 0 bridgehead atoms. The van der Waals surface area contributed by atoms with Crippen molar-refractivity contribution in [3.05, 3.63) is 59.1 Å². The molecular formula is C22H25Cl4N3O2S. The number of amides is 1. The number of anilines is 1. The maximum absolute atomic E-state index is 12.5. The first kappa shape index (κ1) is 26.8. The van der Waals surface area contributed by atoms with Gasteiger partial charge < -0.3 is 20.7 Å². The fraction of sp³-hybridized carbons (Fsp3) is 0.364. The highest BCUT2D eigenvalue weighted by atomic mass is 35.6. The third-order valence-corrected chi connectivity index (χ3v) is 5.45. The minimum absolute atomic E-state index is 0.168. The lowest BCUT2D eigenvalue weighted by molar-refractivity contribution is 0.0934. The van der Waals surface area contributed by atoms with Gasteiger partial charge in [-0.25, -0.2) is 0 Å². The first-order valence-electron chi connectivity index (χ1n) is 10.1. The molecule has 0 heterocycles. The van der Waals surface area contributed by atoms with Gasteiger partial charge in [0.05, 0.1) is 6.61 Å². The Bertz CT molecular complexity index is 891. The summed E-state index contributed by atoms with van der Waals surface area (Å²) in [5.41, 5.74) is 1.03. The van der Waals surface area contributed by atoms with Gasteiger partial charge in [-0.15, -0.1) is 0 Å². The molecule has 3 N–H and O–H groups in total. The van der Waals surface area contributed by atoms with Crippen molar-refractivity contribution < 1.29 is 9.53 Å². The molecule has 32 heavy (non-hydrogen) atoms. The Hall–Kier alpha value is -1.44. The number of nitrogens with one attached hydrogen (secondary N) is 3. The number of alkyl halides is 3. The first-order chi connectivity index (χ1) is 15.2. The number of carbonyl (C=O) groups is 1. The van der Waals surface area contributed by atoms with Crippen LogP contribution in [0.2, 0.25) is 5.02 Å². The van der Waals surface area contributed by atoms with Gasteiger partial charge in [0.2, 0.25) is 3.79 Å². The molecule has 174 valence electrons. The van der Waals surface area contributed by atoms with Crippen LogP contribution in [0.3, 0.4) is 0 Å². The van der Waals surface area contributed by atoms with Crippen molar-refractivity contribution in [1.82, 2.24) is 10.6 Å². The minimum atomic E-state index is -1.87. The van der Waals surface area contributed by atoms with E-state index >= 15 is 0 Å². The number of carbonyl (C=O) groups excluding carboxylic acids is 1. The lowest BCUT2D eigenvalue weighted by Gasteiger charge is -2.27. The second-order valence-corrected chi connectivity index (χ2v) is 10.2. The molecule has 0 saturated carbocycles. The number of ether oxygens (including phenoxy) is 1. The zero-order valence-corrected chi connectivity index (χ0v) is 21.3. The summed E-state index contributed by atoms with van der Waals surface area (Å²) in [6.07, 6.45) is 3.50. The van der Waals surface area contributed by atoms with Gasteiger partial charge in [-0.3, -0.25) is 4.79 Å². The second kappa shape index (κ2) is 13.3. The molecule has 10 heteroatoms. The molecule has 0 spiro atoms. The third-order valence-electron chi connectivity index (χ3n) is 4.34. The highest BCUT2D eigenvalue weighted by Gasteiger charge is 2.35. The van der Waals surface area contributed by atoms with Crippen molar-refractivity contribution in [3.63, 3.8) is 0 Å². The van der Waals surface area contributed by atoms with Crippen LogP contribution in [0.1, 0.15) is 43.0 Å². The van der Waals surface area contributed by atoms with E-state index in [-0.39, 0.29) is 5.11 Å². The fourth-order valence-electron chi connectivity index (χ4n) is 2.70. The standard InChI is InChI=1S/C22H25Cl4N3O2S/c1-2-3-4-5-13-31-18-11-9-17(10-12-18)27-21(32)29-20(22(24,25)26)28-19(30)15-7-6-8-16(23)14-15/h6-12,14,20H,2-5,13H2,1H3,(H,28,30)(H2,27,29,32). The summed E-state index contributed by atoms with van der Waals surface area (Å²) in [4.78, 5) is 12.5. The van der Waals surface area contributed by atoms with E-state index in [1.54, 1.807) is 18.2 Å². The summed E-state index contributed by atoms with van der Waals surface area (Å²) in [5, 5.41) is 9.01. The largest absolute Gasteiger partial charge is 0.494 e. The molecule has 2 rings (SSSR count). The number of thiocarbonyl (C=S) groups is 1. The summed E-state index contributed by atoms with van der Waals surface area (Å²) < 4.78 is 3.86. The molecule has 0 aromatic heterocycles. The molecule has 0 saturated heterocycles. The van der Waals surface area contributed by atoms with Gasteiger partial charge >= 0.3 is 0 Å². The molecule has 0 radical (unpaired) electrons. The summed E-state index contributed by atoms with van der Waals surface area (Å²) >= 11 is 29.3. The topological polar surface area (TPSA) is 62.4 Å². The Kier molecular flexibility index (Phi) is 11.2. The zero-order chi connectivity index (χ0) is 23.6. The average Bonchev–Trinajstić information content (AvgIpc) is 2.73. The van der Waals surface area contributed by atoms with E-state index in [4.69, 9.17) is 63.4 Å². The average molecular weight is 537 g/mol. The van der Waals surface area contributed by atoms with Gasteiger partial charge in [0.1, 0.15) is 11.9 Å². The van der Waals surface area contributed by atoms with E-state index in [9.17, 15) is 4.79 Å². The number of hydrogen-bond acceptors (Lipinski definition) is 3. The SMILES string of the molecule is CCCCCCOc1ccc(NC(=S)NC(NC(=O)c2cccc(Cl)c2)C(Cl)(Cl)Cl)cc1. The number of benzene rings is 2. The molecule has 5 nitrogen and oxygen atoms in total. The number of hydrogen-bond donors (Lipinski definition) is 3. The van der Waals surface area contributed by atoms with Crippen molar-refractivity contribution in [2.24, 2.45) is 0 Å². The van der Waals surface area contributed by atoms with E-state index in [1.165, 1.54) is 18.9 Å². The van der Waals surface area contributed by atoms with Crippen molar-refractivity contribution in [2.75, 3.05) is 11.9 Å². The van der Waals surface area contributed by atoms with Crippen molar-refractivity contribution in [1.29, 1.82) is 0 Å². The van der Waals surface area contributed by atoms with E-state index in [0.29, 0.717) is 22.9 Å². The fourth-order valence-corrected chi connectivity index (χ4v) is 3.45. The van der Waals surface area contributed by atoms with E-state index in [2.05, 4.69) is 22.9 Å². The van der Waals surface area contributed by atoms with Crippen LogP contribution in [-0.2, 0) is 0 Å². The van der Waals surface area contributed by atoms with Gasteiger partial charge in [0.25, 0.3) is 5.91 Å². The van der Waals surface area contributed by atoms with Crippen molar-refractivity contribution >= 4 is 75.3 Å². The zero-order valence-electron chi connectivity index (χ0n) is 17.5. The van der Waals surface area contributed by atoms with Crippen LogP contribution in [-0.4, -0.2) is 27.6 Å². The van der Waals surface area contributed by atoms with E-state index in [1.807, 2.05) is 24.3 Å².